The van der Waals surface area contributed by atoms with E-state index in [-0.39, 0.29) is 6.04 Å². The van der Waals surface area contributed by atoms with Crippen molar-refractivity contribution in [2.24, 2.45) is 0 Å². The van der Waals surface area contributed by atoms with Crippen LogP contribution >= 0.6 is 0 Å². The summed E-state index contributed by atoms with van der Waals surface area (Å²) >= 11 is 0. The Hall–Kier alpha value is -3.01. The van der Waals surface area contributed by atoms with Gasteiger partial charge in [-0.25, -0.2) is 9.59 Å². The molecule has 0 saturated carbocycles. The number of hydrogen-bond acceptors (Lipinski definition) is 5. The molecule has 28 heavy (non-hydrogen) atoms. The Morgan fingerprint density at radius 1 is 1.25 bits per heavy atom. The van der Waals surface area contributed by atoms with Gasteiger partial charge in [0.1, 0.15) is 0 Å². The summed E-state index contributed by atoms with van der Waals surface area (Å²) in [6, 6.07) is 4.02. The number of carboxylic acids is 2. The smallest absolute Gasteiger partial charge is 0.416 e. The van der Waals surface area contributed by atoms with Crippen LogP contribution in [0.25, 0.3) is 11.0 Å². The summed E-state index contributed by atoms with van der Waals surface area (Å²) in [7, 11) is 0. The Bertz CT molecular complexity index is 860. The molecule has 0 spiro atoms. The Balaban J connectivity index is 0.000000300. The average Bonchev–Trinajstić information content (AvgIpc) is 3.08. The van der Waals surface area contributed by atoms with Gasteiger partial charge in [-0.2, -0.15) is 13.2 Å². The fourth-order valence-corrected chi connectivity index (χ4v) is 2.78. The minimum absolute atomic E-state index is 0.125. The van der Waals surface area contributed by atoms with Crippen molar-refractivity contribution >= 4 is 28.6 Å². The second-order valence-corrected chi connectivity index (χ2v) is 6.09. The van der Waals surface area contributed by atoms with Gasteiger partial charge in [-0.05, 0) is 25.1 Å². The van der Waals surface area contributed by atoms with E-state index in [1.165, 1.54) is 12.3 Å². The van der Waals surface area contributed by atoms with Crippen molar-refractivity contribution in [3.05, 3.63) is 42.2 Å². The molecule has 152 valence electrons. The van der Waals surface area contributed by atoms with Crippen LogP contribution in [0.1, 0.15) is 12.5 Å². The molecule has 2 heterocycles. The molecule has 1 aliphatic rings. The average molecular weight is 400 g/mol. The van der Waals surface area contributed by atoms with Crippen LogP contribution in [0.2, 0.25) is 0 Å². The van der Waals surface area contributed by atoms with Gasteiger partial charge >= 0.3 is 18.1 Å². The minimum Gasteiger partial charge on any atom is -0.478 e. The highest BCUT2D eigenvalue weighted by Gasteiger charge is 2.33. The zero-order valence-corrected chi connectivity index (χ0v) is 14.9. The number of piperazine rings is 1. The number of furan rings is 1. The molecule has 1 fully saturated rings. The molecule has 0 radical (unpaired) electrons. The van der Waals surface area contributed by atoms with Crippen LogP contribution in [0.15, 0.2) is 41.0 Å². The fourth-order valence-electron chi connectivity index (χ4n) is 2.78. The molecule has 0 bridgehead atoms. The number of anilines is 1. The van der Waals surface area contributed by atoms with Gasteiger partial charge in [0.05, 0.1) is 17.5 Å². The topological polar surface area (TPSA) is 103 Å². The molecular formula is C18H19F3N2O5. The van der Waals surface area contributed by atoms with Crippen LogP contribution < -0.4 is 10.2 Å². The van der Waals surface area contributed by atoms with Gasteiger partial charge in [-0.3, -0.25) is 0 Å². The number of alkyl halides is 3. The van der Waals surface area contributed by atoms with Gasteiger partial charge < -0.3 is 24.8 Å². The molecule has 0 aliphatic carbocycles. The first-order valence-electron chi connectivity index (χ1n) is 8.29. The summed E-state index contributed by atoms with van der Waals surface area (Å²) in [6.07, 6.45) is -1.80. The van der Waals surface area contributed by atoms with Crippen molar-refractivity contribution < 1.29 is 37.4 Å². The van der Waals surface area contributed by atoms with E-state index < -0.39 is 23.7 Å². The lowest BCUT2D eigenvalue weighted by Gasteiger charge is -2.36. The maximum atomic E-state index is 13.0. The van der Waals surface area contributed by atoms with Crippen molar-refractivity contribution in [2.45, 2.75) is 19.1 Å². The maximum Gasteiger partial charge on any atom is 0.416 e. The molecule has 3 rings (SSSR count). The summed E-state index contributed by atoms with van der Waals surface area (Å²) < 4.78 is 44.4. The maximum absolute atomic E-state index is 13.0. The van der Waals surface area contributed by atoms with Crippen molar-refractivity contribution in [3.63, 3.8) is 0 Å². The van der Waals surface area contributed by atoms with Crippen LogP contribution in [0, 0.1) is 0 Å². The molecular weight excluding hydrogens is 381 g/mol. The second-order valence-electron chi connectivity index (χ2n) is 6.09. The van der Waals surface area contributed by atoms with E-state index >= 15 is 0 Å². The van der Waals surface area contributed by atoms with Gasteiger partial charge in [0.15, 0.2) is 5.58 Å². The van der Waals surface area contributed by atoms with E-state index in [0.29, 0.717) is 35.4 Å². The second kappa shape index (κ2) is 8.79. The van der Waals surface area contributed by atoms with Gasteiger partial charge in [0.2, 0.25) is 0 Å². The molecule has 0 amide bonds. The fraction of sp³-hybridized carbons (Fsp3) is 0.333. The number of nitrogens with zero attached hydrogens (tertiary/aromatic N) is 1. The third-order valence-electron chi connectivity index (χ3n) is 4.04. The van der Waals surface area contributed by atoms with Crippen molar-refractivity contribution in [2.75, 3.05) is 24.5 Å². The first-order valence-corrected chi connectivity index (χ1v) is 8.29. The third-order valence-corrected chi connectivity index (χ3v) is 4.04. The van der Waals surface area contributed by atoms with E-state index in [0.717, 1.165) is 19.2 Å². The van der Waals surface area contributed by atoms with Gasteiger partial charge in [0.25, 0.3) is 0 Å². The van der Waals surface area contributed by atoms with Crippen molar-refractivity contribution in [3.8, 4) is 0 Å². The highest BCUT2D eigenvalue weighted by Crippen LogP contribution is 2.37. The summed E-state index contributed by atoms with van der Waals surface area (Å²) in [5, 5.41) is 19.3. The number of carboxylic acid groups (broad SMARTS) is 2. The molecule has 2 aromatic rings. The zero-order valence-electron chi connectivity index (χ0n) is 14.9. The standard InChI is InChI=1S/C14H15F3N2O.C4H4O4/c1-9-8-18-3-4-19(9)12-7-11(14(15,16)17)6-10-2-5-20-13(10)12;5-3(6)1-2-4(7)8/h2,5-7,9,18H,3-4,8H2,1H3;1-2H,(H,5,6)(H,7,8)/b;2-1+/t9-;/m1./s1. The number of halogens is 3. The normalized spacial score (nSPS) is 17.4. The predicted octanol–water partition coefficient (Wildman–Crippen LogP) is 2.96. The predicted molar refractivity (Wildman–Crippen MR) is 95.3 cm³/mol. The first kappa shape index (κ1) is 21.3. The quantitative estimate of drug-likeness (QED) is 0.681. The van der Waals surface area contributed by atoms with Crippen LogP contribution in [0.4, 0.5) is 18.9 Å². The van der Waals surface area contributed by atoms with E-state index in [4.69, 9.17) is 14.6 Å². The molecule has 1 saturated heterocycles. The lowest BCUT2D eigenvalue weighted by molar-refractivity contribution is -0.137. The number of carbonyl (C=O) groups is 2. The molecule has 3 N–H and O–H groups in total. The van der Waals surface area contributed by atoms with E-state index in [9.17, 15) is 22.8 Å². The molecule has 1 aliphatic heterocycles. The monoisotopic (exact) mass is 400 g/mol. The SMILES string of the molecule is C[C@@H]1CNCCN1c1cc(C(F)(F)F)cc2ccoc12.O=C(O)/C=C/C(=O)O. The van der Waals surface area contributed by atoms with Crippen LogP contribution in [0.3, 0.4) is 0 Å². The number of fused-ring (bicyclic) bond motifs is 1. The Morgan fingerprint density at radius 3 is 2.43 bits per heavy atom. The largest absolute Gasteiger partial charge is 0.478 e. The van der Waals surface area contributed by atoms with Crippen molar-refractivity contribution in [1.29, 1.82) is 0 Å². The molecule has 7 nitrogen and oxygen atoms in total. The first-order chi connectivity index (χ1) is 13.1. The van der Waals surface area contributed by atoms with Gasteiger partial charge in [0, 0.05) is 43.2 Å². The molecule has 1 atom stereocenters. The highest BCUT2D eigenvalue weighted by molar-refractivity contribution is 5.91. The third kappa shape index (κ3) is 5.49. The Kier molecular flexibility index (Phi) is 6.68. The number of rotatable bonds is 3. The van der Waals surface area contributed by atoms with Crippen LogP contribution in [0.5, 0.6) is 0 Å². The number of aliphatic carboxylic acids is 2. The summed E-state index contributed by atoms with van der Waals surface area (Å²) in [5.41, 5.74) is 0.410. The molecule has 10 heteroatoms. The molecule has 1 aromatic heterocycles. The van der Waals surface area contributed by atoms with Crippen LogP contribution in [-0.4, -0.2) is 47.8 Å². The summed E-state index contributed by atoms with van der Waals surface area (Å²) in [5.74, 6) is -2.51. The highest BCUT2D eigenvalue weighted by atomic mass is 19.4. The number of benzene rings is 1. The number of nitrogens with one attached hydrogen (secondary N) is 1. The minimum atomic E-state index is -4.35. The van der Waals surface area contributed by atoms with E-state index in [1.807, 2.05) is 11.8 Å². The lowest BCUT2D eigenvalue weighted by Crippen LogP contribution is -2.50. The summed E-state index contributed by atoms with van der Waals surface area (Å²) in [6.45, 7) is 4.15. The van der Waals surface area contributed by atoms with E-state index in [2.05, 4.69) is 5.32 Å². The lowest BCUT2D eigenvalue weighted by atomic mass is 10.1. The van der Waals surface area contributed by atoms with Crippen LogP contribution in [-0.2, 0) is 15.8 Å². The number of hydrogen-bond donors (Lipinski definition) is 3. The van der Waals surface area contributed by atoms with Crippen molar-refractivity contribution in [1.82, 2.24) is 5.32 Å². The summed E-state index contributed by atoms with van der Waals surface area (Å²) in [4.78, 5) is 21.1. The van der Waals surface area contributed by atoms with Gasteiger partial charge in [-0.15, -0.1) is 0 Å². The Morgan fingerprint density at radius 2 is 1.89 bits per heavy atom. The van der Waals surface area contributed by atoms with E-state index in [1.54, 1.807) is 6.07 Å². The molecule has 1 aromatic carbocycles. The zero-order chi connectivity index (χ0) is 20.9. The van der Waals surface area contributed by atoms with Gasteiger partial charge in [-0.1, -0.05) is 0 Å². The molecule has 0 unspecified atom stereocenters. The Labute approximate surface area is 158 Å².